The minimum atomic E-state index is -0.217. The molecule has 0 heterocycles. The normalized spacial score (nSPS) is 12.9. The summed E-state index contributed by atoms with van der Waals surface area (Å²) in [5, 5.41) is 3.19. The molecule has 0 fully saturated rings. The molecular weight excluding hydrogens is 247 g/mol. The van der Waals surface area contributed by atoms with Gasteiger partial charge in [0.15, 0.2) is 0 Å². The van der Waals surface area contributed by atoms with Crippen LogP contribution >= 0.6 is 15.9 Å². The third-order valence-corrected chi connectivity index (χ3v) is 2.78. The van der Waals surface area contributed by atoms with Gasteiger partial charge in [-0.1, -0.05) is 15.9 Å². The second-order valence-corrected chi connectivity index (χ2v) is 4.11. The van der Waals surface area contributed by atoms with E-state index >= 15 is 0 Å². The summed E-state index contributed by atoms with van der Waals surface area (Å²) in [4.78, 5) is 0. The average molecular weight is 261 g/mol. The number of rotatable bonds is 4. The van der Waals surface area contributed by atoms with E-state index in [0.29, 0.717) is 13.1 Å². The fourth-order valence-corrected chi connectivity index (χ4v) is 1.43. The topological polar surface area (TPSA) is 38.0 Å². The molecule has 1 atom stereocenters. The molecule has 1 rings (SSSR count). The highest BCUT2D eigenvalue weighted by atomic mass is 79.9. The van der Waals surface area contributed by atoms with E-state index in [1.54, 1.807) is 6.07 Å². The van der Waals surface area contributed by atoms with Gasteiger partial charge in [0.1, 0.15) is 5.82 Å². The molecule has 2 nitrogen and oxygen atoms in total. The number of halogens is 2. The second-order valence-electron chi connectivity index (χ2n) is 3.25. The number of hydrogen-bond donors (Lipinski definition) is 2. The summed E-state index contributed by atoms with van der Waals surface area (Å²) >= 11 is 3.36. The average Bonchev–Trinajstić information content (AvgIpc) is 2.19. The SMILES string of the molecule is C[C@H](CN)NCc1cc(F)ccc1Br. The Hall–Kier alpha value is -0.450. The molecule has 0 aliphatic heterocycles. The number of nitrogens with one attached hydrogen (secondary N) is 1. The van der Waals surface area contributed by atoms with Crippen LogP contribution in [0.4, 0.5) is 4.39 Å². The van der Waals surface area contributed by atoms with Crippen LogP contribution in [0, 0.1) is 5.82 Å². The Balaban J connectivity index is 2.62. The van der Waals surface area contributed by atoms with Crippen LogP contribution in [0.5, 0.6) is 0 Å². The molecule has 0 spiro atoms. The molecule has 14 heavy (non-hydrogen) atoms. The monoisotopic (exact) mass is 260 g/mol. The highest BCUT2D eigenvalue weighted by Gasteiger charge is 2.03. The van der Waals surface area contributed by atoms with E-state index in [-0.39, 0.29) is 11.9 Å². The van der Waals surface area contributed by atoms with Gasteiger partial charge in [-0.05, 0) is 30.7 Å². The van der Waals surface area contributed by atoms with Gasteiger partial charge in [-0.15, -0.1) is 0 Å². The Morgan fingerprint density at radius 1 is 1.57 bits per heavy atom. The maximum absolute atomic E-state index is 12.9. The Kier molecular flexibility index (Phi) is 4.51. The highest BCUT2D eigenvalue weighted by molar-refractivity contribution is 9.10. The number of hydrogen-bond acceptors (Lipinski definition) is 2. The minimum absolute atomic E-state index is 0.217. The van der Waals surface area contributed by atoms with Gasteiger partial charge in [-0.25, -0.2) is 4.39 Å². The first kappa shape index (κ1) is 11.6. The molecule has 4 heteroatoms. The molecule has 0 amide bonds. The van der Waals surface area contributed by atoms with Crippen molar-refractivity contribution in [1.29, 1.82) is 0 Å². The summed E-state index contributed by atoms with van der Waals surface area (Å²) in [6.45, 7) is 3.19. The first-order chi connectivity index (χ1) is 6.63. The lowest BCUT2D eigenvalue weighted by atomic mass is 10.2. The Morgan fingerprint density at radius 3 is 2.93 bits per heavy atom. The summed E-state index contributed by atoms with van der Waals surface area (Å²) < 4.78 is 13.8. The molecule has 0 aromatic heterocycles. The van der Waals surface area contributed by atoms with Gasteiger partial charge in [0.2, 0.25) is 0 Å². The number of benzene rings is 1. The molecule has 0 unspecified atom stereocenters. The zero-order valence-electron chi connectivity index (χ0n) is 8.06. The highest BCUT2D eigenvalue weighted by Crippen LogP contribution is 2.17. The van der Waals surface area contributed by atoms with Crippen LogP contribution in [-0.2, 0) is 6.54 Å². The van der Waals surface area contributed by atoms with Gasteiger partial charge in [0.05, 0.1) is 0 Å². The molecule has 0 saturated carbocycles. The molecular formula is C10H14BrFN2. The van der Waals surface area contributed by atoms with Crippen LogP contribution in [0.25, 0.3) is 0 Å². The van der Waals surface area contributed by atoms with Gasteiger partial charge in [-0.2, -0.15) is 0 Å². The van der Waals surface area contributed by atoms with Crippen LogP contribution < -0.4 is 11.1 Å². The maximum Gasteiger partial charge on any atom is 0.123 e. The van der Waals surface area contributed by atoms with E-state index < -0.39 is 0 Å². The van der Waals surface area contributed by atoms with Gasteiger partial charge < -0.3 is 11.1 Å². The van der Waals surface area contributed by atoms with Gasteiger partial charge in [0, 0.05) is 23.6 Å². The van der Waals surface area contributed by atoms with Crippen LogP contribution in [-0.4, -0.2) is 12.6 Å². The van der Waals surface area contributed by atoms with Gasteiger partial charge in [0.25, 0.3) is 0 Å². The largest absolute Gasteiger partial charge is 0.329 e. The Labute approximate surface area is 91.8 Å². The Morgan fingerprint density at radius 2 is 2.29 bits per heavy atom. The van der Waals surface area contributed by atoms with Crippen LogP contribution in [0.15, 0.2) is 22.7 Å². The summed E-state index contributed by atoms with van der Waals surface area (Å²) in [5.74, 6) is -0.217. The van der Waals surface area contributed by atoms with Gasteiger partial charge in [-0.3, -0.25) is 0 Å². The standard InChI is InChI=1S/C10H14BrFN2/c1-7(5-13)14-6-8-4-9(12)2-3-10(8)11/h2-4,7,14H,5-6,13H2,1H3/t7-/m1/s1. The van der Waals surface area contributed by atoms with Crippen molar-refractivity contribution in [1.82, 2.24) is 5.32 Å². The molecule has 78 valence electrons. The minimum Gasteiger partial charge on any atom is -0.329 e. The maximum atomic E-state index is 12.9. The second kappa shape index (κ2) is 5.44. The van der Waals surface area contributed by atoms with Crippen molar-refractivity contribution < 1.29 is 4.39 Å². The fraction of sp³-hybridized carbons (Fsp3) is 0.400. The summed E-state index contributed by atoms with van der Waals surface area (Å²) in [5.41, 5.74) is 6.36. The predicted octanol–water partition coefficient (Wildman–Crippen LogP) is 2.03. The first-order valence-electron chi connectivity index (χ1n) is 4.51. The molecule has 0 aliphatic carbocycles. The van der Waals surface area contributed by atoms with Crippen molar-refractivity contribution in [3.8, 4) is 0 Å². The Bertz CT molecular complexity index is 304. The lowest BCUT2D eigenvalue weighted by molar-refractivity contribution is 0.552. The van der Waals surface area contributed by atoms with E-state index in [9.17, 15) is 4.39 Å². The first-order valence-corrected chi connectivity index (χ1v) is 5.30. The van der Waals surface area contributed by atoms with Crippen molar-refractivity contribution in [2.75, 3.05) is 6.54 Å². The zero-order valence-corrected chi connectivity index (χ0v) is 9.64. The molecule has 0 saturated heterocycles. The lowest BCUT2D eigenvalue weighted by Gasteiger charge is -2.12. The van der Waals surface area contributed by atoms with E-state index in [4.69, 9.17) is 5.73 Å². The van der Waals surface area contributed by atoms with E-state index in [0.717, 1.165) is 10.0 Å². The van der Waals surface area contributed by atoms with E-state index in [1.165, 1.54) is 12.1 Å². The summed E-state index contributed by atoms with van der Waals surface area (Å²) in [6.07, 6.45) is 0. The van der Waals surface area contributed by atoms with E-state index in [1.807, 2.05) is 6.92 Å². The van der Waals surface area contributed by atoms with Crippen molar-refractivity contribution in [3.63, 3.8) is 0 Å². The molecule has 0 bridgehead atoms. The van der Waals surface area contributed by atoms with Crippen molar-refractivity contribution in [2.24, 2.45) is 5.73 Å². The van der Waals surface area contributed by atoms with E-state index in [2.05, 4.69) is 21.2 Å². The molecule has 1 aromatic rings. The number of nitrogens with two attached hydrogens (primary N) is 1. The van der Waals surface area contributed by atoms with Gasteiger partial charge >= 0.3 is 0 Å². The predicted molar refractivity (Wildman–Crippen MR) is 59.5 cm³/mol. The van der Waals surface area contributed by atoms with Crippen LogP contribution in [0.3, 0.4) is 0 Å². The van der Waals surface area contributed by atoms with Crippen molar-refractivity contribution >= 4 is 15.9 Å². The molecule has 1 aromatic carbocycles. The van der Waals surface area contributed by atoms with Crippen molar-refractivity contribution in [2.45, 2.75) is 19.5 Å². The summed E-state index contributed by atoms with van der Waals surface area (Å²) in [6, 6.07) is 4.89. The van der Waals surface area contributed by atoms with Crippen LogP contribution in [0.2, 0.25) is 0 Å². The third kappa shape index (κ3) is 3.36. The third-order valence-electron chi connectivity index (χ3n) is 2.00. The van der Waals surface area contributed by atoms with Crippen LogP contribution in [0.1, 0.15) is 12.5 Å². The fourth-order valence-electron chi connectivity index (χ4n) is 1.05. The smallest absolute Gasteiger partial charge is 0.123 e. The zero-order chi connectivity index (χ0) is 10.6. The summed E-state index contributed by atoms with van der Waals surface area (Å²) in [7, 11) is 0. The van der Waals surface area contributed by atoms with Crippen molar-refractivity contribution in [3.05, 3.63) is 34.1 Å². The quantitative estimate of drug-likeness (QED) is 0.870. The molecule has 0 radical (unpaired) electrons. The lowest BCUT2D eigenvalue weighted by Crippen LogP contribution is -2.32. The molecule has 0 aliphatic rings. The molecule has 3 N–H and O–H groups in total.